The van der Waals surface area contributed by atoms with Crippen LogP contribution in [0.2, 0.25) is 0 Å². The lowest BCUT2D eigenvalue weighted by Gasteiger charge is -2.18. The molecule has 1 aromatic carbocycles. The molecule has 1 heterocycles. The fraction of sp³-hybridized carbons (Fsp3) is 0.538. The maximum absolute atomic E-state index is 5.95. The van der Waals surface area contributed by atoms with E-state index in [4.69, 9.17) is 9.47 Å². The number of rotatable bonds is 5. The molecule has 0 spiro atoms. The summed E-state index contributed by atoms with van der Waals surface area (Å²) >= 11 is 5.82. The first-order valence-corrected chi connectivity index (χ1v) is 8.16. The van der Waals surface area contributed by atoms with Crippen molar-refractivity contribution in [2.24, 2.45) is 0 Å². The second-order valence-electron chi connectivity index (χ2n) is 4.16. The summed E-state index contributed by atoms with van der Waals surface area (Å²) in [5.74, 6) is 0. The molecule has 17 heavy (non-hydrogen) atoms. The molecule has 0 aliphatic carbocycles. The molecule has 0 saturated carbocycles. The van der Waals surface area contributed by atoms with E-state index in [0.717, 1.165) is 21.9 Å². The van der Waals surface area contributed by atoms with E-state index in [-0.39, 0.29) is 6.10 Å². The van der Waals surface area contributed by atoms with Crippen molar-refractivity contribution in [1.29, 1.82) is 0 Å². The maximum atomic E-state index is 5.95. The van der Waals surface area contributed by atoms with E-state index in [9.17, 15) is 0 Å². The summed E-state index contributed by atoms with van der Waals surface area (Å²) in [5.41, 5.74) is 1.24. The molecule has 0 radical (unpaired) electrons. The first-order valence-electron chi connectivity index (χ1n) is 5.84. The highest BCUT2D eigenvalue weighted by Crippen LogP contribution is 2.23. The number of hydrogen-bond donors (Lipinski definition) is 0. The molecule has 1 aliphatic rings. The molecule has 1 saturated heterocycles. The molecule has 4 heteroatoms. The standard InChI is InChI=1S/C13H16BrIO2/c14-11-5-3-10(4-6-11)13(8-15)17-9-12-2-1-7-16-12/h3-6,12-13H,1-2,7-9H2. The molecular formula is C13H16BrIO2. The van der Waals surface area contributed by atoms with Gasteiger partial charge in [-0.2, -0.15) is 0 Å². The number of hydrogen-bond acceptors (Lipinski definition) is 2. The van der Waals surface area contributed by atoms with Crippen molar-refractivity contribution in [2.75, 3.05) is 17.6 Å². The summed E-state index contributed by atoms with van der Waals surface area (Å²) in [7, 11) is 0. The molecule has 2 rings (SSSR count). The van der Waals surface area contributed by atoms with E-state index in [1.165, 1.54) is 12.0 Å². The second kappa shape index (κ2) is 7.07. The van der Waals surface area contributed by atoms with Gasteiger partial charge in [0.05, 0.1) is 18.8 Å². The van der Waals surface area contributed by atoms with Gasteiger partial charge in [-0.1, -0.05) is 50.7 Å². The van der Waals surface area contributed by atoms with Crippen molar-refractivity contribution in [2.45, 2.75) is 25.0 Å². The number of halogens is 2. The minimum absolute atomic E-state index is 0.174. The van der Waals surface area contributed by atoms with Gasteiger partial charge >= 0.3 is 0 Å². The van der Waals surface area contributed by atoms with Crippen LogP contribution in [0, 0.1) is 0 Å². The molecule has 1 fully saturated rings. The van der Waals surface area contributed by atoms with Gasteiger partial charge in [0.2, 0.25) is 0 Å². The molecule has 1 aromatic rings. The van der Waals surface area contributed by atoms with Crippen LogP contribution in [0.4, 0.5) is 0 Å². The van der Waals surface area contributed by atoms with Crippen LogP contribution in [-0.2, 0) is 9.47 Å². The lowest BCUT2D eigenvalue weighted by Crippen LogP contribution is -2.17. The Balaban J connectivity index is 1.89. The Morgan fingerprint density at radius 3 is 2.76 bits per heavy atom. The van der Waals surface area contributed by atoms with E-state index in [0.29, 0.717) is 12.7 Å². The van der Waals surface area contributed by atoms with Gasteiger partial charge in [-0.25, -0.2) is 0 Å². The summed E-state index contributed by atoms with van der Waals surface area (Å²) in [6.07, 6.45) is 2.78. The minimum Gasteiger partial charge on any atom is -0.376 e. The molecule has 0 amide bonds. The maximum Gasteiger partial charge on any atom is 0.0915 e. The van der Waals surface area contributed by atoms with Crippen LogP contribution in [0.3, 0.4) is 0 Å². The Labute approximate surface area is 124 Å². The van der Waals surface area contributed by atoms with E-state index < -0.39 is 0 Å². The van der Waals surface area contributed by atoms with Gasteiger partial charge in [0.15, 0.2) is 0 Å². The molecule has 94 valence electrons. The van der Waals surface area contributed by atoms with Crippen LogP contribution >= 0.6 is 38.5 Å². The van der Waals surface area contributed by atoms with Gasteiger partial charge in [0.1, 0.15) is 0 Å². The van der Waals surface area contributed by atoms with Crippen LogP contribution in [0.25, 0.3) is 0 Å². The second-order valence-corrected chi connectivity index (χ2v) is 5.96. The molecule has 1 aliphatic heterocycles. The summed E-state index contributed by atoms with van der Waals surface area (Å²) in [6, 6.07) is 8.35. The number of benzene rings is 1. The fourth-order valence-electron chi connectivity index (χ4n) is 1.91. The van der Waals surface area contributed by atoms with E-state index >= 15 is 0 Å². The molecule has 0 bridgehead atoms. The Hall–Kier alpha value is 0.350. The molecule has 2 atom stereocenters. The quantitative estimate of drug-likeness (QED) is 0.537. The third kappa shape index (κ3) is 4.19. The smallest absolute Gasteiger partial charge is 0.0915 e. The van der Waals surface area contributed by atoms with Crippen LogP contribution in [-0.4, -0.2) is 23.7 Å². The predicted molar refractivity (Wildman–Crippen MR) is 80.7 cm³/mol. The lowest BCUT2D eigenvalue weighted by atomic mass is 10.1. The fourth-order valence-corrected chi connectivity index (χ4v) is 2.93. The van der Waals surface area contributed by atoms with Crippen molar-refractivity contribution in [3.63, 3.8) is 0 Å². The van der Waals surface area contributed by atoms with Crippen LogP contribution < -0.4 is 0 Å². The van der Waals surface area contributed by atoms with Gasteiger partial charge in [-0.05, 0) is 30.5 Å². The van der Waals surface area contributed by atoms with Crippen molar-refractivity contribution in [3.05, 3.63) is 34.3 Å². The first kappa shape index (κ1) is 13.8. The summed E-state index contributed by atoms with van der Waals surface area (Å²) in [5, 5.41) is 0. The van der Waals surface area contributed by atoms with Gasteiger partial charge in [-0.15, -0.1) is 0 Å². The first-order chi connectivity index (χ1) is 8.29. The summed E-state index contributed by atoms with van der Waals surface area (Å²) in [4.78, 5) is 0. The highest BCUT2D eigenvalue weighted by atomic mass is 127. The van der Waals surface area contributed by atoms with Crippen molar-refractivity contribution in [3.8, 4) is 0 Å². The largest absolute Gasteiger partial charge is 0.376 e. The van der Waals surface area contributed by atoms with Crippen molar-refractivity contribution in [1.82, 2.24) is 0 Å². The normalized spacial score (nSPS) is 21.6. The average molecular weight is 411 g/mol. The highest BCUT2D eigenvalue weighted by molar-refractivity contribution is 14.1. The molecule has 0 N–H and O–H groups in total. The third-order valence-corrected chi connectivity index (χ3v) is 4.22. The van der Waals surface area contributed by atoms with Crippen LogP contribution in [0.5, 0.6) is 0 Å². The molecule has 0 aromatic heterocycles. The van der Waals surface area contributed by atoms with E-state index in [1.54, 1.807) is 0 Å². The van der Waals surface area contributed by atoms with Gasteiger partial charge in [-0.3, -0.25) is 0 Å². The Bertz CT molecular complexity index is 336. The lowest BCUT2D eigenvalue weighted by molar-refractivity contribution is -0.0122. The third-order valence-electron chi connectivity index (χ3n) is 2.89. The van der Waals surface area contributed by atoms with Gasteiger partial charge < -0.3 is 9.47 Å². The number of alkyl halides is 1. The molecule has 2 nitrogen and oxygen atoms in total. The topological polar surface area (TPSA) is 18.5 Å². The Morgan fingerprint density at radius 1 is 1.41 bits per heavy atom. The van der Waals surface area contributed by atoms with E-state index in [1.807, 2.05) is 0 Å². The highest BCUT2D eigenvalue weighted by Gasteiger charge is 2.18. The minimum atomic E-state index is 0.174. The number of ether oxygens (including phenoxy) is 2. The summed E-state index contributed by atoms with van der Waals surface area (Å²) < 4.78 is 13.6. The van der Waals surface area contributed by atoms with Crippen molar-refractivity contribution >= 4 is 38.5 Å². The van der Waals surface area contributed by atoms with Gasteiger partial charge in [0, 0.05) is 15.5 Å². The SMILES string of the molecule is Brc1ccc(C(CI)OCC2CCCO2)cc1. The monoisotopic (exact) mass is 410 g/mol. The molecule has 2 unspecified atom stereocenters. The van der Waals surface area contributed by atoms with Crippen LogP contribution in [0.1, 0.15) is 24.5 Å². The zero-order valence-electron chi connectivity index (χ0n) is 9.57. The Morgan fingerprint density at radius 2 is 2.18 bits per heavy atom. The zero-order chi connectivity index (χ0) is 12.1. The predicted octanol–water partition coefficient (Wildman–Crippen LogP) is 4.12. The zero-order valence-corrected chi connectivity index (χ0v) is 13.3. The van der Waals surface area contributed by atoms with Gasteiger partial charge in [0.25, 0.3) is 0 Å². The van der Waals surface area contributed by atoms with Crippen molar-refractivity contribution < 1.29 is 9.47 Å². The average Bonchev–Trinajstić information content (AvgIpc) is 2.85. The van der Waals surface area contributed by atoms with Crippen LogP contribution in [0.15, 0.2) is 28.7 Å². The summed E-state index contributed by atoms with van der Waals surface area (Å²) in [6.45, 7) is 1.60. The van der Waals surface area contributed by atoms with E-state index in [2.05, 4.69) is 62.8 Å². The molecular weight excluding hydrogens is 395 g/mol. The Kier molecular flexibility index (Phi) is 5.72.